The Balaban J connectivity index is 1.02. The van der Waals surface area contributed by atoms with Crippen molar-refractivity contribution in [2.45, 2.75) is 25.3 Å². The molecule has 0 aliphatic carbocycles. The number of nitrogens with one attached hydrogen (secondary N) is 2. The molecule has 11 nitrogen and oxygen atoms in total. The van der Waals surface area contributed by atoms with Crippen molar-refractivity contribution in [3.05, 3.63) is 115 Å². The van der Waals surface area contributed by atoms with Gasteiger partial charge in [-0.05, 0) is 61.3 Å². The van der Waals surface area contributed by atoms with E-state index < -0.39 is 0 Å². The van der Waals surface area contributed by atoms with Gasteiger partial charge >= 0.3 is 0 Å². The quantitative estimate of drug-likeness (QED) is 0.153. The van der Waals surface area contributed by atoms with Crippen molar-refractivity contribution in [1.29, 1.82) is 5.41 Å². The molecule has 0 bridgehead atoms. The number of aliphatic imine (C=N–C) groups is 1. The van der Waals surface area contributed by atoms with E-state index in [9.17, 15) is 0 Å². The number of nitrogens with zero attached hydrogens (tertiary/aromatic N) is 9. The lowest BCUT2D eigenvalue weighted by molar-refractivity contribution is 0.202. The summed E-state index contributed by atoms with van der Waals surface area (Å²) in [6, 6.07) is 29.0. The summed E-state index contributed by atoms with van der Waals surface area (Å²) in [6.45, 7) is 2.90. The molecule has 5 aromatic heterocycles. The minimum atomic E-state index is 0.370. The smallest absolute Gasteiger partial charge is 0.179 e. The van der Waals surface area contributed by atoms with Crippen molar-refractivity contribution in [3.8, 4) is 33.9 Å². The molecule has 1 fully saturated rings. The molecule has 6 heterocycles. The SMILES string of the molecule is N=C/N=C/c1nnc2c3cc(-c4ccccc4)c(-c4ccc(CN5CCC(c6nnc(-c7ccccn7)[nH]6)CC5)cc4)nc3ccn12. The van der Waals surface area contributed by atoms with Crippen LogP contribution in [0.15, 0.2) is 102 Å². The number of hydrogen-bond acceptors (Lipinski definition) is 8. The van der Waals surface area contributed by atoms with Crippen LogP contribution in [0.5, 0.6) is 0 Å². The fourth-order valence-corrected chi connectivity index (χ4v) is 6.33. The number of likely N-dealkylation sites (tertiary alicyclic amines) is 1. The summed E-state index contributed by atoms with van der Waals surface area (Å²) < 4.78 is 1.87. The van der Waals surface area contributed by atoms with Crippen LogP contribution in [0.25, 0.3) is 50.5 Å². The van der Waals surface area contributed by atoms with Gasteiger partial charge in [-0.2, -0.15) is 0 Å². The molecule has 0 unspecified atom stereocenters. The van der Waals surface area contributed by atoms with Crippen LogP contribution in [-0.2, 0) is 6.54 Å². The lowest BCUT2D eigenvalue weighted by Crippen LogP contribution is -2.32. The molecule has 1 aliphatic rings. The number of aromatic nitrogens is 8. The monoisotopic (exact) mass is 617 g/mol. The number of piperidine rings is 1. The molecule has 47 heavy (non-hydrogen) atoms. The molecule has 0 atom stereocenters. The van der Waals surface area contributed by atoms with Gasteiger partial charge in [-0.1, -0.05) is 60.7 Å². The van der Waals surface area contributed by atoms with Crippen LogP contribution in [-0.4, -0.2) is 70.3 Å². The van der Waals surface area contributed by atoms with Gasteiger partial charge in [0.15, 0.2) is 17.3 Å². The fraction of sp³-hybridized carbons (Fsp3) is 0.167. The molecule has 11 heteroatoms. The van der Waals surface area contributed by atoms with E-state index in [-0.39, 0.29) is 0 Å². The maximum atomic E-state index is 7.21. The number of hydrogen-bond donors (Lipinski definition) is 2. The molecule has 230 valence electrons. The first-order valence-electron chi connectivity index (χ1n) is 15.7. The van der Waals surface area contributed by atoms with Crippen molar-refractivity contribution in [3.63, 3.8) is 0 Å². The summed E-state index contributed by atoms with van der Waals surface area (Å²) in [5, 5.41) is 25.6. The molecule has 7 aromatic rings. The topological polar surface area (TPSA) is 137 Å². The Morgan fingerprint density at radius 3 is 2.49 bits per heavy atom. The summed E-state index contributed by atoms with van der Waals surface area (Å²) in [5.74, 6) is 2.61. The zero-order valence-corrected chi connectivity index (χ0v) is 25.5. The highest BCUT2D eigenvalue weighted by Crippen LogP contribution is 2.35. The zero-order chi connectivity index (χ0) is 31.6. The van der Waals surface area contributed by atoms with Crippen LogP contribution < -0.4 is 0 Å². The first kappa shape index (κ1) is 28.5. The van der Waals surface area contributed by atoms with E-state index in [1.165, 1.54) is 11.8 Å². The minimum Gasteiger partial charge on any atom is -0.323 e. The van der Waals surface area contributed by atoms with Gasteiger partial charge in [0.2, 0.25) is 0 Å². The van der Waals surface area contributed by atoms with Gasteiger partial charge in [0.1, 0.15) is 17.9 Å². The lowest BCUT2D eigenvalue weighted by Gasteiger charge is -2.30. The number of H-pyrrole nitrogens is 1. The number of benzene rings is 2. The predicted octanol–water partition coefficient (Wildman–Crippen LogP) is 6.20. The van der Waals surface area contributed by atoms with E-state index >= 15 is 0 Å². The van der Waals surface area contributed by atoms with Crippen molar-refractivity contribution >= 4 is 29.1 Å². The van der Waals surface area contributed by atoms with Crippen LogP contribution in [0.3, 0.4) is 0 Å². The van der Waals surface area contributed by atoms with Crippen LogP contribution in [0, 0.1) is 5.41 Å². The Bertz CT molecular complexity index is 2200. The van der Waals surface area contributed by atoms with E-state index in [0.29, 0.717) is 17.4 Å². The first-order chi connectivity index (χ1) is 23.2. The first-order valence-corrected chi connectivity index (χ1v) is 15.7. The fourth-order valence-electron chi connectivity index (χ4n) is 6.33. The van der Waals surface area contributed by atoms with E-state index in [1.807, 2.05) is 53.1 Å². The highest BCUT2D eigenvalue weighted by molar-refractivity contribution is 5.99. The van der Waals surface area contributed by atoms with Crippen LogP contribution >= 0.6 is 0 Å². The molecule has 2 aromatic carbocycles. The van der Waals surface area contributed by atoms with E-state index in [4.69, 9.17) is 10.4 Å². The summed E-state index contributed by atoms with van der Waals surface area (Å²) in [7, 11) is 0. The average molecular weight is 618 g/mol. The zero-order valence-electron chi connectivity index (χ0n) is 25.5. The molecule has 0 saturated carbocycles. The maximum absolute atomic E-state index is 7.21. The highest BCUT2D eigenvalue weighted by atomic mass is 15.3. The number of aromatic amines is 1. The van der Waals surface area contributed by atoms with Crippen molar-refractivity contribution in [2.75, 3.05) is 13.1 Å². The molecular formula is C36H31N11. The van der Waals surface area contributed by atoms with Crippen LogP contribution in [0.4, 0.5) is 0 Å². The number of rotatable bonds is 8. The van der Waals surface area contributed by atoms with Gasteiger partial charge in [0.25, 0.3) is 0 Å². The molecule has 1 aliphatic heterocycles. The van der Waals surface area contributed by atoms with Gasteiger partial charge in [0, 0.05) is 41.4 Å². The largest absolute Gasteiger partial charge is 0.323 e. The molecule has 2 N–H and O–H groups in total. The van der Waals surface area contributed by atoms with Gasteiger partial charge in [-0.15, -0.1) is 20.4 Å². The summed E-state index contributed by atoms with van der Waals surface area (Å²) in [4.78, 5) is 19.4. The molecular weight excluding hydrogens is 586 g/mol. The Hall–Kier alpha value is -5.94. The van der Waals surface area contributed by atoms with Crippen molar-refractivity contribution < 1.29 is 0 Å². The summed E-state index contributed by atoms with van der Waals surface area (Å²) in [5.41, 5.74) is 7.70. The second kappa shape index (κ2) is 12.5. The normalized spacial score (nSPS) is 14.4. The summed E-state index contributed by atoms with van der Waals surface area (Å²) >= 11 is 0. The summed E-state index contributed by atoms with van der Waals surface area (Å²) in [6.07, 6.45) is 8.25. The second-order valence-corrected chi connectivity index (χ2v) is 11.7. The Labute approximate surface area is 270 Å². The van der Waals surface area contributed by atoms with Gasteiger partial charge in [0.05, 0.1) is 17.4 Å². The molecule has 8 rings (SSSR count). The number of fused-ring (bicyclic) bond motifs is 3. The third kappa shape index (κ3) is 5.68. The van der Waals surface area contributed by atoms with Crippen molar-refractivity contribution in [1.82, 2.24) is 44.6 Å². The lowest BCUT2D eigenvalue weighted by atomic mass is 9.95. The van der Waals surface area contributed by atoms with Gasteiger partial charge in [-0.25, -0.2) is 9.98 Å². The van der Waals surface area contributed by atoms with Gasteiger partial charge < -0.3 is 4.98 Å². The second-order valence-electron chi connectivity index (χ2n) is 11.7. The highest BCUT2D eigenvalue weighted by Gasteiger charge is 2.24. The minimum absolute atomic E-state index is 0.370. The molecule has 0 radical (unpaired) electrons. The Morgan fingerprint density at radius 1 is 0.872 bits per heavy atom. The Kier molecular flexibility index (Phi) is 7.56. The molecule has 0 amide bonds. The van der Waals surface area contributed by atoms with Crippen molar-refractivity contribution in [2.24, 2.45) is 4.99 Å². The third-order valence-electron chi connectivity index (χ3n) is 8.77. The molecule has 0 spiro atoms. The average Bonchev–Trinajstić information content (AvgIpc) is 3.80. The van der Waals surface area contributed by atoms with E-state index in [1.54, 1.807) is 6.20 Å². The van der Waals surface area contributed by atoms with Crippen LogP contribution in [0.1, 0.15) is 36.0 Å². The molecule has 1 saturated heterocycles. The van der Waals surface area contributed by atoms with Crippen LogP contribution in [0.2, 0.25) is 0 Å². The third-order valence-corrected chi connectivity index (χ3v) is 8.77. The standard InChI is InChI=1S/C36H31N11/c37-23-38-21-32-42-45-36-29-20-28(25-6-2-1-3-7-25)33(40-30(29)15-19-47(32)36)26-11-9-24(10-12-26)22-46-17-13-27(14-18-46)34-41-35(44-43-34)31-8-4-5-16-39-31/h1-12,15-16,19-21,23,27,37H,13-14,17-18,22H2,(H,41,43,44)/b37-23?,38-21+. The Morgan fingerprint density at radius 2 is 1.70 bits per heavy atom. The predicted molar refractivity (Wildman–Crippen MR) is 182 cm³/mol. The van der Waals surface area contributed by atoms with Gasteiger partial charge in [-0.3, -0.25) is 19.7 Å². The number of pyridine rings is 3. The maximum Gasteiger partial charge on any atom is 0.179 e. The van der Waals surface area contributed by atoms with E-state index in [0.717, 1.165) is 89.4 Å². The van der Waals surface area contributed by atoms with E-state index in [2.05, 4.69) is 82.7 Å².